The molecule has 2 aliphatic heterocycles. The lowest BCUT2D eigenvalue weighted by Gasteiger charge is -2.27. The minimum Gasteiger partial charge on any atom is -0.480 e. The van der Waals surface area contributed by atoms with Gasteiger partial charge in [0, 0.05) is 68.3 Å². The highest BCUT2D eigenvalue weighted by Crippen LogP contribution is 2.28. The number of pyridine rings is 1. The van der Waals surface area contributed by atoms with Gasteiger partial charge in [0.2, 0.25) is 15.9 Å². The maximum atomic E-state index is 13.5. The number of rotatable bonds is 8. The van der Waals surface area contributed by atoms with Crippen LogP contribution in [-0.2, 0) is 52.7 Å². The number of aromatic nitrogens is 3. The molecule has 1 saturated heterocycles. The first-order chi connectivity index (χ1) is 18.2. The van der Waals surface area contributed by atoms with E-state index in [9.17, 15) is 23.1 Å². The molecule has 0 aromatic carbocycles. The number of nitrogens with one attached hydrogen (secondary N) is 1. The number of anilines is 1. The molecule has 1 atom stereocenters. The summed E-state index contributed by atoms with van der Waals surface area (Å²) in [6, 6.07) is 8.39. The molecule has 38 heavy (non-hydrogen) atoms. The quantitative estimate of drug-likeness (QED) is 0.444. The predicted octanol–water partition coefficient (Wildman–Crippen LogP) is 1.65. The fraction of sp³-hybridized carbons (Fsp3) is 0.423. The molecule has 0 spiro atoms. The highest BCUT2D eigenvalue weighted by Gasteiger charge is 2.33. The van der Waals surface area contributed by atoms with Crippen LogP contribution in [-0.4, -0.2) is 63.0 Å². The van der Waals surface area contributed by atoms with Gasteiger partial charge in [-0.1, -0.05) is 6.07 Å². The molecule has 202 valence electrons. The van der Waals surface area contributed by atoms with E-state index in [2.05, 4.69) is 14.9 Å². The molecule has 0 saturated carbocycles. The van der Waals surface area contributed by atoms with Crippen LogP contribution in [0.4, 0.5) is 5.82 Å². The smallest absolute Gasteiger partial charge is 0.326 e. The second-order valence-corrected chi connectivity index (χ2v) is 11.7. The van der Waals surface area contributed by atoms with Crippen LogP contribution in [0.1, 0.15) is 35.5 Å². The molecule has 1 amide bonds. The monoisotopic (exact) mass is 540 g/mol. The Hall–Kier alpha value is -3.64. The van der Waals surface area contributed by atoms with E-state index in [0.29, 0.717) is 49.8 Å². The number of sulfonamides is 1. The summed E-state index contributed by atoms with van der Waals surface area (Å²) >= 11 is 0. The maximum absolute atomic E-state index is 13.5. The Balaban J connectivity index is 1.28. The zero-order valence-corrected chi connectivity index (χ0v) is 22.3. The fourth-order valence-electron chi connectivity index (χ4n) is 5.32. The number of carboxylic acid groups (broad SMARTS) is 1. The maximum Gasteiger partial charge on any atom is 0.326 e. The summed E-state index contributed by atoms with van der Waals surface area (Å²) < 4.78 is 32.3. The normalized spacial score (nSPS) is 17.9. The summed E-state index contributed by atoms with van der Waals surface area (Å²) in [6.07, 6.45) is 4.90. The van der Waals surface area contributed by atoms with Gasteiger partial charge in [0.25, 0.3) is 0 Å². The molecule has 12 heteroatoms. The van der Waals surface area contributed by atoms with Crippen molar-refractivity contribution in [3.8, 4) is 0 Å². The minimum atomic E-state index is -3.73. The Kier molecular flexibility index (Phi) is 7.01. The first kappa shape index (κ1) is 26.0. The van der Waals surface area contributed by atoms with Crippen LogP contribution in [0.2, 0.25) is 0 Å². The third-order valence-corrected chi connectivity index (χ3v) is 9.51. The van der Waals surface area contributed by atoms with E-state index in [0.717, 1.165) is 17.7 Å². The molecule has 1 fully saturated rings. The minimum absolute atomic E-state index is 0.00672. The van der Waals surface area contributed by atoms with Crippen LogP contribution in [0, 0.1) is 6.92 Å². The van der Waals surface area contributed by atoms with E-state index in [1.165, 1.54) is 4.31 Å². The molecular weight excluding hydrogens is 508 g/mol. The average Bonchev–Trinajstić information content (AvgIpc) is 3.63. The molecule has 0 radical (unpaired) electrons. The average molecular weight is 541 g/mol. The number of hydrogen-bond acceptors (Lipinski definition) is 6. The lowest BCUT2D eigenvalue weighted by Crippen LogP contribution is -2.38. The summed E-state index contributed by atoms with van der Waals surface area (Å²) in [5.41, 5.74) is 2.86. The van der Waals surface area contributed by atoms with Gasteiger partial charge in [-0.2, -0.15) is 4.31 Å². The van der Waals surface area contributed by atoms with Gasteiger partial charge in [-0.3, -0.25) is 4.79 Å². The van der Waals surface area contributed by atoms with Gasteiger partial charge in [-0.15, -0.1) is 0 Å². The molecule has 3 aromatic heterocycles. The first-order valence-electron chi connectivity index (χ1n) is 12.7. The standard InChI is InChI=1S/C26H32N6O5S/c1-18-23(38(36,37)31-13-12-30-10-4-7-20(30)17-31)14-21(29(18)2)15-24(33)28-16-19-6-3-9-27-25(19)32-11-5-8-22(32)26(34)35/h3-4,6-7,9-10,14,22H,5,8,11-13,15-17H2,1-2H3,(H,28,33)(H,34,35). The molecule has 2 aliphatic rings. The third kappa shape index (κ3) is 4.81. The number of amides is 1. The van der Waals surface area contributed by atoms with E-state index in [-0.39, 0.29) is 23.8 Å². The molecule has 11 nitrogen and oxygen atoms in total. The van der Waals surface area contributed by atoms with Crippen molar-refractivity contribution in [1.29, 1.82) is 0 Å². The van der Waals surface area contributed by atoms with Crippen molar-refractivity contribution in [2.75, 3.05) is 18.0 Å². The fourth-order valence-corrected chi connectivity index (χ4v) is 7.02. The molecule has 5 heterocycles. The number of hydrogen-bond donors (Lipinski definition) is 2. The second-order valence-electron chi connectivity index (χ2n) is 9.81. The molecular formula is C26H32N6O5S. The van der Waals surface area contributed by atoms with Gasteiger partial charge in [0.15, 0.2) is 0 Å². The van der Waals surface area contributed by atoms with Crippen molar-refractivity contribution in [2.45, 2.75) is 56.8 Å². The number of carbonyl (C=O) groups is 2. The summed E-state index contributed by atoms with van der Waals surface area (Å²) in [7, 11) is -1.97. The van der Waals surface area contributed by atoms with Crippen LogP contribution in [0.3, 0.4) is 0 Å². The lowest BCUT2D eigenvalue weighted by atomic mass is 10.2. The Labute approximate surface area is 221 Å². The van der Waals surface area contributed by atoms with Crippen LogP contribution < -0.4 is 10.2 Å². The molecule has 1 unspecified atom stereocenters. The van der Waals surface area contributed by atoms with Gasteiger partial charge in [0.05, 0.1) is 13.0 Å². The van der Waals surface area contributed by atoms with Crippen molar-refractivity contribution >= 4 is 27.7 Å². The summed E-state index contributed by atoms with van der Waals surface area (Å²) in [5.74, 6) is -0.587. The van der Waals surface area contributed by atoms with E-state index < -0.39 is 22.0 Å². The topological polar surface area (TPSA) is 130 Å². The van der Waals surface area contributed by atoms with Crippen molar-refractivity contribution < 1.29 is 23.1 Å². The Morgan fingerprint density at radius 3 is 2.79 bits per heavy atom. The van der Waals surface area contributed by atoms with Gasteiger partial charge in [-0.05, 0) is 44.0 Å². The van der Waals surface area contributed by atoms with Crippen LogP contribution >= 0.6 is 0 Å². The van der Waals surface area contributed by atoms with Crippen LogP contribution in [0.5, 0.6) is 0 Å². The molecule has 0 bridgehead atoms. The largest absolute Gasteiger partial charge is 0.480 e. The van der Waals surface area contributed by atoms with E-state index in [1.807, 2.05) is 24.4 Å². The zero-order valence-electron chi connectivity index (χ0n) is 21.5. The Morgan fingerprint density at radius 1 is 1.18 bits per heavy atom. The van der Waals surface area contributed by atoms with Gasteiger partial charge < -0.3 is 24.5 Å². The number of aliphatic carboxylic acids is 1. The molecule has 2 N–H and O–H groups in total. The second kappa shape index (κ2) is 10.3. The lowest BCUT2D eigenvalue weighted by molar-refractivity contribution is -0.138. The number of carboxylic acids is 1. The SMILES string of the molecule is Cc1c(S(=O)(=O)N2CCn3cccc3C2)cc(CC(=O)NCc2cccnc2N2CCCC2C(=O)O)n1C. The summed E-state index contributed by atoms with van der Waals surface area (Å²) in [5, 5.41) is 12.4. The first-order valence-corrected chi connectivity index (χ1v) is 14.1. The highest BCUT2D eigenvalue weighted by molar-refractivity contribution is 7.89. The highest BCUT2D eigenvalue weighted by atomic mass is 32.2. The van der Waals surface area contributed by atoms with Crippen LogP contribution in [0.25, 0.3) is 0 Å². The Bertz CT molecular complexity index is 1480. The van der Waals surface area contributed by atoms with Crippen molar-refractivity contribution in [3.05, 3.63) is 65.4 Å². The number of fused-ring (bicyclic) bond motifs is 1. The number of carbonyl (C=O) groups excluding carboxylic acids is 1. The van der Waals surface area contributed by atoms with Gasteiger partial charge in [-0.25, -0.2) is 18.2 Å². The Morgan fingerprint density at radius 2 is 2.00 bits per heavy atom. The van der Waals surface area contributed by atoms with Gasteiger partial charge in [0.1, 0.15) is 16.8 Å². The van der Waals surface area contributed by atoms with E-state index in [1.54, 1.807) is 41.8 Å². The summed E-state index contributed by atoms with van der Waals surface area (Å²) in [6.45, 7) is 3.83. The molecule has 3 aromatic rings. The van der Waals surface area contributed by atoms with E-state index >= 15 is 0 Å². The summed E-state index contributed by atoms with van der Waals surface area (Å²) in [4.78, 5) is 31.0. The molecule has 5 rings (SSSR count). The predicted molar refractivity (Wildman–Crippen MR) is 140 cm³/mol. The van der Waals surface area contributed by atoms with E-state index in [4.69, 9.17) is 0 Å². The zero-order chi connectivity index (χ0) is 27.0. The van der Waals surface area contributed by atoms with Crippen molar-refractivity contribution in [3.63, 3.8) is 0 Å². The number of nitrogens with zero attached hydrogens (tertiary/aromatic N) is 5. The van der Waals surface area contributed by atoms with Crippen molar-refractivity contribution in [1.82, 2.24) is 23.7 Å². The molecule has 0 aliphatic carbocycles. The third-order valence-electron chi connectivity index (χ3n) is 7.55. The van der Waals surface area contributed by atoms with Crippen molar-refractivity contribution in [2.24, 2.45) is 7.05 Å². The van der Waals surface area contributed by atoms with Crippen LogP contribution in [0.15, 0.2) is 47.6 Å². The van der Waals surface area contributed by atoms with Gasteiger partial charge >= 0.3 is 5.97 Å².